The van der Waals surface area contributed by atoms with Crippen LogP contribution >= 0.6 is 11.3 Å². The highest BCUT2D eigenvalue weighted by atomic mass is 32.1. The second-order valence-electron chi connectivity index (χ2n) is 3.48. The fourth-order valence-electron chi connectivity index (χ4n) is 1.59. The molecule has 2 nitrogen and oxygen atoms in total. The molecule has 72 valence electrons. The van der Waals surface area contributed by atoms with Crippen LogP contribution in [0.5, 0.6) is 0 Å². The predicted molar refractivity (Wildman–Crippen MR) is 56.5 cm³/mol. The average molecular weight is 196 g/mol. The number of nitrogens with zero attached hydrogens (tertiary/aromatic N) is 1. The molecular weight excluding hydrogens is 180 g/mol. The summed E-state index contributed by atoms with van der Waals surface area (Å²) >= 11 is 1.92. The van der Waals surface area contributed by atoms with Gasteiger partial charge in [0.25, 0.3) is 0 Å². The van der Waals surface area contributed by atoms with Gasteiger partial charge in [-0.05, 0) is 12.8 Å². The fourth-order valence-corrected chi connectivity index (χ4v) is 2.79. The topological polar surface area (TPSA) is 24.9 Å². The molecule has 1 saturated heterocycles. The summed E-state index contributed by atoms with van der Waals surface area (Å²) in [5, 5.41) is 4.65. The van der Waals surface area contributed by atoms with E-state index in [0.717, 1.165) is 25.9 Å². The maximum Gasteiger partial charge on any atom is 0.0987 e. The van der Waals surface area contributed by atoms with Gasteiger partial charge in [0, 0.05) is 23.9 Å². The number of hydrogen-bond donors (Lipinski definition) is 1. The monoisotopic (exact) mass is 196 g/mol. The van der Waals surface area contributed by atoms with Crippen LogP contribution < -0.4 is 5.32 Å². The van der Waals surface area contributed by atoms with Crippen LogP contribution in [0.2, 0.25) is 0 Å². The van der Waals surface area contributed by atoms with E-state index in [2.05, 4.69) is 19.2 Å². The van der Waals surface area contributed by atoms with Crippen LogP contribution in [0.15, 0.2) is 0 Å². The molecule has 1 N–H and O–H groups in total. The van der Waals surface area contributed by atoms with Crippen LogP contribution in [0.1, 0.15) is 35.3 Å². The lowest BCUT2D eigenvalue weighted by atomic mass is 10.1. The smallest absolute Gasteiger partial charge is 0.0987 e. The normalized spacial score (nSPS) is 17.4. The minimum absolute atomic E-state index is 0.704. The van der Waals surface area contributed by atoms with Gasteiger partial charge in [-0.2, -0.15) is 0 Å². The molecule has 1 aliphatic rings. The summed E-state index contributed by atoms with van der Waals surface area (Å²) in [7, 11) is 0. The van der Waals surface area contributed by atoms with Crippen LogP contribution in [0.3, 0.4) is 0 Å². The van der Waals surface area contributed by atoms with Crippen LogP contribution in [-0.4, -0.2) is 18.1 Å². The molecule has 0 atom stereocenters. The number of hydrogen-bond acceptors (Lipinski definition) is 3. The maximum atomic E-state index is 4.70. The van der Waals surface area contributed by atoms with Crippen molar-refractivity contribution in [1.29, 1.82) is 0 Å². The molecule has 0 radical (unpaired) electrons. The Morgan fingerprint density at radius 2 is 2.15 bits per heavy atom. The number of aromatic nitrogens is 1. The zero-order valence-electron chi connectivity index (χ0n) is 8.26. The number of nitrogens with one attached hydrogen (secondary N) is 1. The van der Waals surface area contributed by atoms with Crippen molar-refractivity contribution in [2.45, 2.75) is 32.6 Å². The van der Waals surface area contributed by atoms with Crippen LogP contribution in [0.25, 0.3) is 0 Å². The highest BCUT2D eigenvalue weighted by Crippen LogP contribution is 2.28. The van der Waals surface area contributed by atoms with Gasteiger partial charge in [0.15, 0.2) is 0 Å². The van der Waals surface area contributed by atoms with E-state index in [4.69, 9.17) is 4.98 Å². The first-order valence-corrected chi connectivity index (χ1v) is 5.86. The van der Waals surface area contributed by atoms with Gasteiger partial charge in [0.1, 0.15) is 0 Å². The minimum atomic E-state index is 0.704. The minimum Gasteiger partial charge on any atom is -0.315 e. The molecule has 0 bridgehead atoms. The lowest BCUT2D eigenvalue weighted by Gasteiger charge is -2.24. The average Bonchev–Trinajstić information content (AvgIpc) is 2.44. The van der Waals surface area contributed by atoms with Crippen molar-refractivity contribution in [1.82, 2.24) is 10.3 Å². The van der Waals surface area contributed by atoms with Gasteiger partial charge in [0.05, 0.1) is 10.7 Å². The predicted octanol–water partition coefficient (Wildman–Crippen LogP) is 1.95. The SMILES string of the molecule is CCc1nc(C2CNC2)sc1CC. The second-order valence-corrected chi connectivity index (χ2v) is 4.60. The Kier molecular flexibility index (Phi) is 2.65. The first kappa shape index (κ1) is 9.16. The Hall–Kier alpha value is -0.410. The van der Waals surface area contributed by atoms with Gasteiger partial charge in [-0.25, -0.2) is 4.98 Å². The molecule has 0 unspecified atom stereocenters. The lowest BCUT2D eigenvalue weighted by Crippen LogP contribution is -2.39. The summed E-state index contributed by atoms with van der Waals surface area (Å²) in [4.78, 5) is 6.19. The zero-order valence-corrected chi connectivity index (χ0v) is 9.08. The van der Waals surface area contributed by atoms with Crippen molar-refractivity contribution in [2.75, 3.05) is 13.1 Å². The number of rotatable bonds is 3. The Labute approximate surface area is 83.4 Å². The van der Waals surface area contributed by atoms with Crippen molar-refractivity contribution in [3.8, 4) is 0 Å². The molecule has 1 aromatic heterocycles. The van der Waals surface area contributed by atoms with E-state index >= 15 is 0 Å². The molecule has 1 aromatic rings. The second kappa shape index (κ2) is 3.76. The van der Waals surface area contributed by atoms with E-state index < -0.39 is 0 Å². The molecule has 2 rings (SSSR count). The Balaban J connectivity index is 2.21. The highest BCUT2D eigenvalue weighted by Gasteiger charge is 2.23. The summed E-state index contributed by atoms with van der Waals surface area (Å²) in [6.07, 6.45) is 2.22. The highest BCUT2D eigenvalue weighted by molar-refractivity contribution is 7.11. The van der Waals surface area contributed by atoms with Crippen molar-refractivity contribution in [2.24, 2.45) is 0 Å². The summed E-state index contributed by atoms with van der Waals surface area (Å²) in [6.45, 7) is 6.66. The zero-order chi connectivity index (χ0) is 9.26. The maximum absolute atomic E-state index is 4.70. The van der Waals surface area contributed by atoms with Gasteiger partial charge >= 0.3 is 0 Å². The van der Waals surface area contributed by atoms with E-state index in [1.54, 1.807) is 0 Å². The Morgan fingerprint density at radius 3 is 2.54 bits per heavy atom. The van der Waals surface area contributed by atoms with E-state index in [-0.39, 0.29) is 0 Å². The quantitative estimate of drug-likeness (QED) is 0.799. The molecule has 1 aliphatic heterocycles. The van der Waals surface area contributed by atoms with Crippen molar-refractivity contribution >= 4 is 11.3 Å². The van der Waals surface area contributed by atoms with Gasteiger partial charge in [-0.3, -0.25) is 0 Å². The first-order chi connectivity index (χ1) is 6.35. The molecule has 0 saturated carbocycles. The van der Waals surface area contributed by atoms with E-state index in [9.17, 15) is 0 Å². The fraction of sp³-hybridized carbons (Fsp3) is 0.700. The van der Waals surface area contributed by atoms with Gasteiger partial charge < -0.3 is 5.32 Å². The van der Waals surface area contributed by atoms with Gasteiger partial charge in [0.2, 0.25) is 0 Å². The van der Waals surface area contributed by atoms with E-state index in [0.29, 0.717) is 5.92 Å². The van der Waals surface area contributed by atoms with Crippen LogP contribution in [-0.2, 0) is 12.8 Å². The molecule has 0 amide bonds. The van der Waals surface area contributed by atoms with Crippen molar-refractivity contribution in [3.05, 3.63) is 15.6 Å². The summed E-state index contributed by atoms with van der Waals surface area (Å²) in [5.74, 6) is 0.704. The third-order valence-electron chi connectivity index (χ3n) is 2.58. The van der Waals surface area contributed by atoms with Crippen molar-refractivity contribution in [3.63, 3.8) is 0 Å². The largest absolute Gasteiger partial charge is 0.315 e. The lowest BCUT2D eigenvalue weighted by molar-refractivity contribution is 0.446. The first-order valence-electron chi connectivity index (χ1n) is 5.04. The molecule has 3 heteroatoms. The molecule has 0 aliphatic carbocycles. The molecule has 13 heavy (non-hydrogen) atoms. The van der Waals surface area contributed by atoms with E-state index in [1.165, 1.54) is 15.6 Å². The molecule has 0 spiro atoms. The van der Waals surface area contributed by atoms with E-state index in [1.807, 2.05) is 11.3 Å². The molecule has 1 fully saturated rings. The number of thiazole rings is 1. The summed E-state index contributed by atoms with van der Waals surface area (Å²) < 4.78 is 0. The molecular formula is C10H16N2S. The van der Waals surface area contributed by atoms with Gasteiger partial charge in [-0.15, -0.1) is 11.3 Å². The summed E-state index contributed by atoms with van der Waals surface area (Å²) in [6, 6.07) is 0. The van der Waals surface area contributed by atoms with Crippen LogP contribution in [0, 0.1) is 0 Å². The van der Waals surface area contributed by atoms with Crippen molar-refractivity contribution < 1.29 is 0 Å². The van der Waals surface area contributed by atoms with Gasteiger partial charge in [-0.1, -0.05) is 13.8 Å². The molecule has 0 aromatic carbocycles. The number of aryl methyl sites for hydroxylation is 2. The summed E-state index contributed by atoms with van der Waals surface area (Å²) in [5.41, 5.74) is 1.33. The standard InChI is InChI=1S/C10H16N2S/c1-3-8-9(4-2)13-10(12-8)7-5-11-6-7/h7,11H,3-6H2,1-2H3. The Bertz CT molecular complexity index is 268. The third-order valence-corrected chi connectivity index (χ3v) is 3.99. The van der Waals surface area contributed by atoms with Crippen LogP contribution in [0.4, 0.5) is 0 Å². The Morgan fingerprint density at radius 1 is 1.38 bits per heavy atom. The molecule has 2 heterocycles. The third kappa shape index (κ3) is 1.63.